The van der Waals surface area contributed by atoms with Gasteiger partial charge in [-0.2, -0.15) is 0 Å². The standard InChI is InChI=1S/C13H16BrNO/c14-12-7-11(8-15-9-12)13(16)10-5-3-1-2-4-6-10/h7-10H,1-6H2. The Bertz CT molecular complexity index is 370. The van der Waals surface area contributed by atoms with Crippen molar-refractivity contribution in [2.24, 2.45) is 5.92 Å². The van der Waals surface area contributed by atoms with Crippen molar-refractivity contribution in [3.8, 4) is 0 Å². The number of carbonyl (C=O) groups is 1. The molecule has 0 bridgehead atoms. The normalized spacial score (nSPS) is 18.1. The second kappa shape index (κ2) is 5.58. The zero-order chi connectivity index (χ0) is 11.4. The Kier molecular flexibility index (Phi) is 4.10. The Labute approximate surface area is 105 Å². The fourth-order valence-corrected chi connectivity index (χ4v) is 2.69. The fraction of sp³-hybridized carbons (Fsp3) is 0.538. The molecule has 86 valence electrons. The van der Waals surface area contributed by atoms with Gasteiger partial charge in [0.05, 0.1) is 0 Å². The fourth-order valence-electron chi connectivity index (χ4n) is 2.32. The Morgan fingerprint density at radius 2 is 1.88 bits per heavy atom. The van der Waals surface area contributed by atoms with Crippen LogP contribution in [0.3, 0.4) is 0 Å². The van der Waals surface area contributed by atoms with Crippen molar-refractivity contribution in [1.82, 2.24) is 4.98 Å². The van der Waals surface area contributed by atoms with E-state index in [9.17, 15) is 4.79 Å². The van der Waals surface area contributed by atoms with Gasteiger partial charge in [-0.15, -0.1) is 0 Å². The van der Waals surface area contributed by atoms with Gasteiger partial charge in [-0.3, -0.25) is 9.78 Å². The lowest BCUT2D eigenvalue weighted by Gasteiger charge is -2.12. The minimum atomic E-state index is 0.221. The van der Waals surface area contributed by atoms with Gasteiger partial charge in [0.15, 0.2) is 5.78 Å². The van der Waals surface area contributed by atoms with Crippen molar-refractivity contribution in [3.63, 3.8) is 0 Å². The van der Waals surface area contributed by atoms with Gasteiger partial charge in [0.2, 0.25) is 0 Å². The van der Waals surface area contributed by atoms with Crippen molar-refractivity contribution in [1.29, 1.82) is 0 Å². The number of Topliss-reactive ketones (excluding diaryl/α,β-unsaturated/α-hetero) is 1. The molecule has 0 atom stereocenters. The number of carbonyl (C=O) groups excluding carboxylic acids is 1. The Morgan fingerprint density at radius 1 is 1.19 bits per heavy atom. The molecule has 2 nitrogen and oxygen atoms in total. The molecule has 0 radical (unpaired) electrons. The monoisotopic (exact) mass is 281 g/mol. The highest BCUT2D eigenvalue weighted by molar-refractivity contribution is 9.10. The molecule has 1 heterocycles. The molecule has 1 aromatic rings. The summed E-state index contributed by atoms with van der Waals surface area (Å²) in [5, 5.41) is 0. The third-order valence-corrected chi connectivity index (χ3v) is 3.65. The third-order valence-electron chi connectivity index (χ3n) is 3.22. The maximum atomic E-state index is 12.2. The summed E-state index contributed by atoms with van der Waals surface area (Å²) in [5.41, 5.74) is 0.751. The predicted molar refractivity (Wildman–Crippen MR) is 67.5 cm³/mol. The van der Waals surface area contributed by atoms with E-state index in [2.05, 4.69) is 20.9 Å². The van der Waals surface area contributed by atoms with Gasteiger partial charge in [0.25, 0.3) is 0 Å². The van der Waals surface area contributed by atoms with Crippen LogP contribution in [0.25, 0.3) is 0 Å². The van der Waals surface area contributed by atoms with E-state index in [-0.39, 0.29) is 11.7 Å². The molecule has 2 rings (SSSR count). The molecule has 0 amide bonds. The summed E-state index contributed by atoms with van der Waals surface area (Å²) in [6.45, 7) is 0. The molecule has 0 aliphatic heterocycles. The Morgan fingerprint density at radius 3 is 2.50 bits per heavy atom. The number of halogens is 1. The number of ketones is 1. The van der Waals surface area contributed by atoms with Crippen LogP contribution in [0.2, 0.25) is 0 Å². The molecule has 1 aliphatic carbocycles. The molecule has 0 saturated heterocycles. The van der Waals surface area contributed by atoms with Crippen LogP contribution < -0.4 is 0 Å². The molecular weight excluding hydrogens is 266 g/mol. The number of rotatable bonds is 2. The van der Waals surface area contributed by atoms with Crippen LogP contribution >= 0.6 is 15.9 Å². The van der Waals surface area contributed by atoms with Crippen LogP contribution in [-0.4, -0.2) is 10.8 Å². The van der Waals surface area contributed by atoms with Crippen LogP contribution in [0.1, 0.15) is 48.9 Å². The first-order valence-electron chi connectivity index (χ1n) is 5.92. The molecule has 0 aromatic carbocycles. The molecule has 0 N–H and O–H groups in total. The molecule has 3 heteroatoms. The molecular formula is C13H16BrNO. The van der Waals surface area contributed by atoms with E-state index < -0.39 is 0 Å². The van der Waals surface area contributed by atoms with E-state index in [0.717, 1.165) is 22.9 Å². The Balaban J connectivity index is 2.11. The van der Waals surface area contributed by atoms with Crippen LogP contribution in [0.15, 0.2) is 22.9 Å². The van der Waals surface area contributed by atoms with Crippen LogP contribution in [-0.2, 0) is 0 Å². The minimum Gasteiger partial charge on any atom is -0.294 e. The summed E-state index contributed by atoms with van der Waals surface area (Å²) < 4.78 is 0.881. The lowest BCUT2D eigenvalue weighted by atomic mass is 9.92. The summed E-state index contributed by atoms with van der Waals surface area (Å²) in [4.78, 5) is 16.3. The van der Waals surface area contributed by atoms with E-state index in [1.54, 1.807) is 12.4 Å². The lowest BCUT2D eigenvalue weighted by Crippen LogP contribution is -2.14. The topological polar surface area (TPSA) is 30.0 Å². The van der Waals surface area contributed by atoms with Gasteiger partial charge >= 0.3 is 0 Å². The first-order chi connectivity index (χ1) is 7.77. The van der Waals surface area contributed by atoms with Gasteiger partial charge in [-0.05, 0) is 34.8 Å². The average Bonchev–Trinajstić information content (AvgIpc) is 2.56. The Hall–Kier alpha value is -0.700. The van der Waals surface area contributed by atoms with Crippen molar-refractivity contribution >= 4 is 21.7 Å². The maximum Gasteiger partial charge on any atom is 0.167 e. The lowest BCUT2D eigenvalue weighted by molar-refractivity contribution is 0.0907. The zero-order valence-electron chi connectivity index (χ0n) is 9.29. The number of hydrogen-bond acceptors (Lipinski definition) is 2. The number of pyridine rings is 1. The maximum absolute atomic E-state index is 12.2. The summed E-state index contributed by atoms with van der Waals surface area (Å²) in [6.07, 6.45) is 10.4. The van der Waals surface area contributed by atoms with Crippen molar-refractivity contribution in [3.05, 3.63) is 28.5 Å². The van der Waals surface area contributed by atoms with Gasteiger partial charge < -0.3 is 0 Å². The SMILES string of the molecule is O=C(c1cncc(Br)c1)C1CCCCCC1. The van der Waals surface area contributed by atoms with Gasteiger partial charge in [0, 0.05) is 28.3 Å². The first-order valence-corrected chi connectivity index (χ1v) is 6.71. The minimum absolute atomic E-state index is 0.221. The second-order valence-electron chi connectivity index (χ2n) is 4.44. The van der Waals surface area contributed by atoms with Gasteiger partial charge in [-0.25, -0.2) is 0 Å². The summed E-state index contributed by atoms with van der Waals surface area (Å²) in [6, 6.07) is 1.88. The van der Waals surface area contributed by atoms with E-state index in [1.165, 1.54) is 25.7 Å². The third kappa shape index (κ3) is 2.91. The molecule has 0 spiro atoms. The smallest absolute Gasteiger partial charge is 0.167 e. The van der Waals surface area contributed by atoms with Crippen molar-refractivity contribution in [2.45, 2.75) is 38.5 Å². The largest absolute Gasteiger partial charge is 0.294 e. The van der Waals surface area contributed by atoms with Crippen LogP contribution in [0, 0.1) is 5.92 Å². The number of hydrogen-bond donors (Lipinski definition) is 0. The quantitative estimate of drug-likeness (QED) is 0.606. The van der Waals surface area contributed by atoms with Crippen LogP contribution in [0.4, 0.5) is 0 Å². The molecule has 1 saturated carbocycles. The highest BCUT2D eigenvalue weighted by atomic mass is 79.9. The van der Waals surface area contributed by atoms with E-state index in [4.69, 9.17) is 0 Å². The van der Waals surface area contributed by atoms with E-state index in [1.807, 2.05) is 6.07 Å². The zero-order valence-corrected chi connectivity index (χ0v) is 10.9. The molecule has 16 heavy (non-hydrogen) atoms. The summed E-state index contributed by atoms with van der Waals surface area (Å²) in [5.74, 6) is 0.495. The number of aromatic nitrogens is 1. The highest BCUT2D eigenvalue weighted by Gasteiger charge is 2.21. The molecule has 1 aromatic heterocycles. The number of nitrogens with zero attached hydrogens (tertiary/aromatic N) is 1. The van der Waals surface area contributed by atoms with Crippen molar-refractivity contribution in [2.75, 3.05) is 0 Å². The van der Waals surface area contributed by atoms with Crippen molar-refractivity contribution < 1.29 is 4.79 Å². The molecule has 0 unspecified atom stereocenters. The average molecular weight is 282 g/mol. The van der Waals surface area contributed by atoms with Crippen LogP contribution in [0.5, 0.6) is 0 Å². The molecule has 1 fully saturated rings. The van der Waals surface area contributed by atoms with Gasteiger partial charge in [-0.1, -0.05) is 25.7 Å². The van der Waals surface area contributed by atoms with E-state index >= 15 is 0 Å². The summed E-state index contributed by atoms with van der Waals surface area (Å²) >= 11 is 3.36. The van der Waals surface area contributed by atoms with Gasteiger partial charge in [0.1, 0.15) is 0 Å². The predicted octanol–water partition coefficient (Wildman–Crippen LogP) is 4.00. The molecule has 1 aliphatic rings. The highest BCUT2D eigenvalue weighted by Crippen LogP contribution is 2.26. The van der Waals surface area contributed by atoms with E-state index in [0.29, 0.717) is 0 Å². The first kappa shape index (κ1) is 11.8. The second-order valence-corrected chi connectivity index (χ2v) is 5.36. The summed E-state index contributed by atoms with van der Waals surface area (Å²) in [7, 11) is 0.